The molecule has 1 unspecified atom stereocenters. The summed E-state index contributed by atoms with van der Waals surface area (Å²) in [5.74, 6) is 0.691. The molecule has 6 heteroatoms. The zero-order chi connectivity index (χ0) is 32.7. The van der Waals surface area contributed by atoms with Crippen molar-refractivity contribution < 1.29 is 28.6 Å². The van der Waals surface area contributed by atoms with E-state index in [1.807, 2.05) is 0 Å². The maximum Gasteiger partial charge on any atom is 0.306 e. The Hall–Kier alpha value is -1.59. The molecular formula is C38H72O6. The quantitative estimate of drug-likeness (QED) is 0.0421. The van der Waals surface area contributed by atoms with E-state index in [9.17, 15) is 14.4 Å². The number of hydrogen-bond donors (Lipinski definition) is 0. The Balaban J connectivity index is 4.37. The van der Waals surface area contributed by atoms with Gasteiger partial charge in [-0.05, 0) is 31.1 Å². The van der Waals surface area contributed by atoms with Gasteiger partial charge in [-0.1, -0.05) is 157 Å². The maximum atomic E-state index is 12.5. The van der Waals surface area contributed by atoms with E-state index >= 15 is 0 Å². The van der Waals surface area contributed by atoms with Crippen molar-refractivity contribution in [3.63, 3.8) is 0 Å². The molecule has 0 saturated carbocycles. The van der Waals surface area contributed by atoms with E-state index in [0.29, 0.717) is 19.3 Å². The van der Waals surface area contributed by atoms with Gasteiger partial charge >= 0.3 is 17.9 Å². The lowest BCUT2D eigenvalue weighted by Crippen LogP contribution is -2.30. The number of unbranched alkanes of at least 4 members (excludes halogenated alkanes) is 16. The molecule has 0 heterocycles. The lowest BCUT2D eigenvalue weighted by molar-refractivity contribution is -0.167. The van der Waals surface area contributed by atoms with Crippen LogP contribution in [-0.2, 0) is 28.6 Å². The summed E-state index contributed by atoms with van der Waals surface area (Å²) >= 11 is 0. The Morgan fingerprint density at radius 2 is 0.864 bits per heavy atom. The fourth-order valence-electron chi connectivity index (χ4n) is 5.31. The van der Waals surface area contributed by atoms with Gasteiger partial charge in [0.25, 0.3) is 0 Å². The molecule has 0 aromatic heterocycles. The second-order valence-corrected chi connectivity index (χ2v) is 13.6. The zero-order valence-corrected chi connectivity index (χ0v) is 29.8. The first kappa shape index (κ1) is 42.4. The number of carbonyl (C=O) groups excluding carboxylic acids is 3. The summed E-state index contributed by atoms with van der Waals surface area (Å²) in [7, 11) is 0. The minimum atomic E-state index is -0.758. The highest BCUT2D eigenvalue weighted by atomic mass is 16.6. The van der Waals surface area contributed by atoms with Crippen molar-refractivity contribution in [2.24, 2.45) is 11.8 Å². The van der Waals surface area contributed by atoms with Crippen LogP contribution in [0.2, 0.25) is 0 Å². The van der Waals surface area contributed by atoms with Crippen molar-refractivity contribution in [2.45, 2.75) is 201 Å². The largest absolute Gasteiger partial charge is 0.462 e. The van der Waals surface area contributed by atoms with E-state index in [1.54, 1.807) is 0 Å². The highest BCUT2D eigenvalue weighted by Crippen LogP contribution is 2.16. The minimum absolute atomic E-state index is 0.0686. The van der Waals surface area contributed by atoms with Gasteiger partial charge in [0.15, 0.2) is 6.10 Å². The molecule has 0 aliphatic carbocycles. The summed E-state index contributed by atoms with van der Waals surface area (Å²) in [6.07, 6.45) is 25.4. The highest BCUT2D eigenvalue weighted by Gasteiger charge is 2.19. The molecule has 0 amide bonds. The van der Waals surface area contributed by atoms with Crippen LogP contribution < -0.4 is 0 Å². The van der Waals surface area contributed by atoms with Crippen LogP contribution in [-0.4, -0.2) is 37.2 Å². The molecule has 0 fully saturated rings. The lowest BCUT2D eigenvalue weighted by atomic mass is 10.00. The zero-order valence-electron chi connectivity index (χ0n) is 29.8. The molecule has 6 nitrogen and oxygen atoms in total. The van der Waals surface area contributed by atoms with Crippen LogP contribution in [0.15, 0.2) is 0 Å². The van der Waals surface area contributed by atoms with Gasteiger partial charge in [0.2, 0.25) is 0 Å². The van der Waals surface area contributed by atoms with Crippen molar-refractivity contribution in [3.8, 4) is 0 Å². The van der Waals surface area contributed by atoms with Crippen LogP contribution in [0.5, 0.6) is 0 Å². The third-order valence-corrected chi connectivity index (χ3v) is 8.58. The molecule has 260 valence electrons. The second kappa shape index (κ2) is 31.4. The number of rotatable bonds is 32. The minimum Gasteiger partial charge on any atom is -0.462 e. The van der Waals surface area contributed by atoms with Gasteiger partial charge in [-0.15, -0.1) is 0 Å². The molecule has 0 aromatic rings. The van der Waals surface area contributed by atoms with E-state index in [-0.39, 0.29) is 31.1 Å². The third-order valence-electron chi connectivity index (χ3n) is 8.58. The van der Waals surface area contributed by atoms with E-state index in [1.165, 1.54) is 83.5 Å². The molecule has 2 atom stereocenters. The Morgan fingerprint density at radius 1 is 0.477 bits per heavy atom. The Bertz CT molecular complexity index is 676. The summed E-state index contributed by atoms with van der Waals surface area (Å²) in [4.78, 5) is 37.2. The van der Waals surface area contributed by atoms with Crippen molar-refractivity contribution in [2.75, 3.05) is 13.2 Å². The Morgan fingerprint density at radius 3 is 1.30 bits per heavy atom. The topological polar surface area (TPSA) is 78.9 Å². The molecule has 0 rings (SSSR count). The van der Waals surface area contributed by atoms with Gasteiger partial charge in [-0.2, -0.15) is 0 Å². The monoisotopic (exact) mass is 625 g/mol. The van der Waals surface area contributed by atoms with Crippen molar-refractivity contribution in [1.82, 2.24) is 0 Å². The van der Waals surface area contributed by atoms with Crippen molar-refractivity contribution in [1.29, 1.82) is 0 Å². The van der Waals surface area contributed by atoms with Gasteiger partial charge < -0.3 is 14.2 Å². The Labute approximate surface area is 272 Å². The van der Waals surface area contributed by atoms with E-state index in [0.717, 1.165) is 69.6 Å². The van der Waals surface area contributed by atoms with Gasteiger partial charge in [0.05, 0.1) is 0 Å². The fraction of sp³-hybridized carbons (Fsp3) is 0.921. The summed E-state index contributed by atoms with van der Waals surface area (Å²) in [6.45, 7) is 11.2. The van der Waals surface area contributed by atoms with Gasteiger partial charge in [-0.25, -0.2) is 0 Å². The van der Waals surface area contributed by atoms with Crippen LogP contribution in [0, 0.1) is 11.8 Å². The molecule has 0 aromatic carbocycles. The van der Waals surface area contributed by atoms with Crippen LogP contribution in [0.25, 0.3) is 0 Å². The maximum absolute atomic E-state index is 12.5. The first-order valence-electron chi connectivity index (χ1n) is 18.8. The van der Waals surface area contributed by atoms with E-state index in [2.05, 4.69) is 34.6 Å². The van der Waals surface area contributed by atoms with Crippen LogP contribution in [0.1, 0.15) is 195 Å². The molecule has 0 bridgehead atoms. The average Bonchev–Trinajstić information content (AvgIpc) is 3.00. The van der Waals surface area contributed by atoms with Crippen LogP contribution in [0.4, 0.5) is 0 Å². The molecule has 0 saturated heterocycles. The first-order chi connectivity index (χ1) is 21.3. The number of hydrogen-bond acceptors (Lipinski definition) is 6. The van der Waals surface area contributed by atoms with Crippen LogP contribution >= 0.6 is 0 Å². The van der Waals surface area contributed by atoms with Crippen molar-refractivity contribution >= 4 is 17.9 Å². The molecule has 44 heavy (non-hydrogen) atoms. The third kappa shape index (κ3) is 30.4. The number of esters is 3. The molecule has 0 N–H and O–H groups in total. The van der Waals surface area contributed by atoms with E-state index < -0.39 is 6.10 Å². The number of carbonyl (C=O) groups is 3. The van der Waals surface area contributed by atoms with Gasteiger partial charge in [-0.3, -0.25) is 14.4 Å². The molecule has 0 spiro atoms. The second-order valence-electron chi connectivity index (χ2n) is 13.6. The first-order valence-corrected chi connectivity index (χ1v) is 18.8. The highest BCUT2D eigenvalue weighted by molar-refractivity contribution is 5.71. The van der Waals surface area contributed by atoms with Gasteiger partial charge in [0, 0.05) is 19.3 Å². The summed E-state index contributed by atoms with van der Waals surface area (Å²) in [5.41, 5.74) is 0. The summed E-state index contributed by atoms with van der Waals surface area (Å²) in [5, 5.41) is 0. The fourth-order valence-corrected chi connectivity index (χ4v) is 5.31. The summed E-state index contributed by atoms with van der Waals surface area (Å²) in [6, 6.07) is 0. The lowest BCUT2D eigenvalue weighted by Gasteiger charge is -2.18. The summed E-state index contributed by atoms with van der Waals surface area (Å²) < 4.78 is 16.5. The predicted molar refractivity (Wildman–Crippen MR) is 183 cm³/mol. The van der Waals surface area contributed by atoms with Crippen molar-refractivity contribution in [3.05, 3.63) is 0 Å². The standard InChI is InChI=1S/C38H72O6/c1-6-8-9-10-11-18-23-28-36(39)42-31-35(44-38(41)30-25-20-14-12-16-21-26-33(3)4)32-43-37(40)29-24-19-15-13-17-22-27-34(5)7-2/h33-35H,6-32H2,1-5H3/t34?,35-/m0/s1. The van der Waals surface area contributed by atoms with Gasteiger partial charge in [0.1, 0.15) is 13.2 Å². The molecule has 0 aliphatic heterocycles. The smallest absolute Gasteiger partial charge is 0.306 e. The average molecular weight is 625 g/mol. The molecule has 0 radical (unpaired) electrons. The predicted octanol–water partition coefficient (Wildman–Crippen LogP) is 11.1. The Kier molecular flexibility index (Phi) is 30.3. The normalized spacial score (nSPS) is 12.7. The SMILES string of the molecule is CCCCCCCCCC(=O)OC[C@@H](COC(=O)CCCCCCCCC(C)CC)OC(=O)CCCCCCCCC(C)C. The molecule has 0 aliphatic rings. The molecular weight excluding hydrogens is 552 g/mol. The number of ether oxygens (including phenoxy) is 3. The van der Waals surface area contributed by atoms with E-state index in [4.69, 9.17) is 14.2 Å². The van der Waals surface area contributed by atoms with Crippen LogP contribution in [0.3, 0.4) is 0 Å².